The van der Waals surface area contributed by atoms with Crippen molar-refractivity contribution >= 4 is 28.7 Å². The molecular weight excluding hydrogens is 368 g/mol. The number of nitrogens with zero attached hydrogens (tertiary/aromatic N) is 2. The van der Waals surface area contributed by atoms with Crippen LogP contribution in [0, 0.1) is 10.1 Å². The summed E-state index contributed by atoms with van der Waals surface area (Å²) >= 11 is 0. The highest BCUT2D eigenvalue weighted by Crippen LogP contribution is 2.38. The predicted octanol–water partition coefficient (Wildman–Crippen LogP) is 3.91. The standard InChI is InChI=1S/C22H18N4O3/c23-13-14-6-8-15(9-7-14)21(24-16-4-2-1-3-5-16)20-18-12-17(26(28)29)10-11-19(18)25-22(20)27/h1-12,20H,13,23H2,(H,25,27). The van der Waals surface area contributed by atoms with Crippen molar-refractivity contribution in [3.05, 3.63) is 99.6 Å². The summed E-state index contributed by atoms with van der Waals surface area (Å²) in [5.41, 5.74) is 9.66. The van der Waals surface area contributed by atoms with Crippen LogP contribution in [0.1, 0.15) is 22.6 Å². The van der Waals surface area contributed by atoms with Gasteiger partial charge in [0.05, 0.1) is 16.3 Å². The summed E-state index contributed by atoms with van der Waals surface area (Å²) < 4.78 is 0. The Hall–Kier alpha value is -3.84. The Bertz CT molecular complexity index is 1110. The van der Waals surface area contributed by atoms with E-state index in [4.69, 9.17) is 10.7 Å². The highest BCUT2D eigenvalue weighted by atomic mass is 16.6. The van der Waals surface area contributed by atoms with E-state index in [1.165, 1.54) is 12.1 Å². The van der Waals surface area contributed by atoms with Crippen molar-refractivity contribution < 1.29 is 9.72 Å². The number of nitro benzene ring substituents is 1. The van der Waals surface area contributed by atoms with Crippen molar-refractivity contribution in [1.29, 1.82) is 0 Å². The van der Waals surface area contributed by atoms with E-state index >= 15 is 0 Å². The fraction of sp³-hybridized carbons (Fsp3) is 0.0909. The third kappa shape index (κ3) is 3.63. The number of nitro groups is 1. The molecule has 1 amide bonds. The van der Waals surface area contributed by atoms with E-state index in [1.807, 2.05) is 54.6 Å². The zero-order chi connectivity index (χ0) is 20.4. The van der Waals surface area contributed by atoms with Crippen LogP contribution < -0.4 is 11.1 Å². The third-order valence-electron chi connectivity index (χ3n) is 4.84. The van der Waals surface area contributed by atoms with Gasteiger partial charge in [-0.1, -0.05) is 42.5 Å². The van der Waals surface area contributed by atoms with Crippen molar-refractivity contribution in [2.75, 3.05) is 5.32 Å². The maximum atomic E-state index is 12.9. The molecule has 3 aromatic rings. The number of nitrogens with two attached hydrogens (primary N) is 1. The largest absolute Gasteiger partial charge is 0.326 e. The molecule has 0 aromatic heterocycles. The SMILES string of the molecule is NCc1ccc(C(=Nc2ccccc2)C2C(=O)Nc3ccc([N+](=O)[O-])cc32)cc1. The number of nitrogens with one attached hydrogen (secondary N) is 1. The lowest BCUT2D eigenvalue weighted by atomic mass is 9.90. The summed E-state index contributed by atoms with van der Waals surface area (Å²) in [7, 11) is 0. The predicted molar refractivity (Wildman–Crippen MR) is 111 cm³/mol. The fourth-order valence-electron chi connectivity index (χ4n) is 3.38. The summed E-state index contributed by atoms with van der Waals surface area (Å²) in [6.45, 7) is 0.407. The number of non-ortho nitro benzene ring substituents is 1. The molecule has 3 N–H and O–H groups in total. The first-order chi connectivity index (χ1) is 14.1. The first-order valence-corrected chi connectivity index (χ1v) is 9.09. The number of aliphatic imine (C=N–C) groups is 1. The highest BCUT2D eigenvalue weighted by molar-refractivity contribution is 6.24. The molecule has 3 aromatic carbocycles. The van der Waals surface area contributed by atoms with Crippen LogP contribution in [0.25, 0.3) is 0 Å². The van der Waals surface area contributed by atoms with Gasteiger partial charge in [0.2, 0.25) is 5.91 Å². The van der Waals surface area contributed by atoms with Gasteiger partial charge in [-0.05, 0) is 29.3 Å². The second-order valence-corrected chi connectivity index (χ2v) is 6.68. The van der Waals surface area contributed by atoms with Gasteiger partial charge in [0.1, 0.15) is 5.92 Å². The molecule has 0 spiro atoms. The fourth-order valence-corrected chi connectivity index (χ4v) is 3.38. The summed E-state index contributed by atoms with van der Waals surface area (Å²) in [4.78, 5) is 28.4. The summed E-state index contributed by atoms with van der Waals surface area (Å²) in [5.74, 6) is -1.02. The van der Waals surface area contributed by atoms with E-state index in [0.29, 0.717) is 29.2 Å². The molecule has 7 nitrogen and oxygen atoms in total. The maximum absolute atomic E-state index is 12.9. The second-order valence-electron chi connectivity index (χ2n) is 6.68. The van der Waals surface area contributed by atoms with Crippen LogP contribution in [-0.4, -0.2) is 16.5 Å². The Morgan fingerprint density at radius 1 is 1.07 bits per heavy atom. The van der Waals surface area contributed by atoms with Crippen molar-refractivity contribution in [1.82, 2.24) is 0 Å². The van der Waals surface area contributed by atoms with Crippen LogP contribution in [0.15, 0.2) is 77.8 Å². The number of rotatable bonds is 5. The molecule has 0 bridgehead atoms. The van der Waals surface area contributed by atoms with Gasteiger partial charge in [0.25, 0.3) is 5.69 Å². The molecule has 1 aliphatic heterocycles. The van der Waals surface area contributed by atoms with Crippen molar-refractivity contribution in [2.45, 2.75) is 12.5 Å². The normalized spacial score (nSPS) is 15.7. The average Bonchev–Trinajstić information content (AvgIpc) is 3.07. The lowest BCUT2D eigenvalue weighted by Crippen LogP contribution is -2.22. The molecule has 4 rings (SSSR count). The molecule has 1 heterocycles. The number of anilines is 1. The number of hydrogen-bond donors (Lipinski definition) is 2. The number of para-hydroxylation sites is 1. The molecule has 0 saturated heterocycles. The second kappa shape index (κ2) is 7.65. The van der Waals surface area contributed by atoms with Gasteiger partial charge in [-0.2, -0.15) is 0 Å². The monoisotopic (exact) mass is 386 g/mol. The molecule has 0 fully saturated rings. The van der Waals surface area contributed by atoms with Crippen LogP contribution in [0.2, 0.25) is 0 Å². The van der Waals surface area contributed by atoms with Gasteiger partial charge in [-0.3, -0.25) is 19.9 Å². The molecular formula is C22H18N4O3. The number of carbonyl (C=O) groups is 1. The average molecular weight is 386 g/mol. The molecule has 0 aliphatic carbocycles. The summed E-state index contributed by atoms with van der Waals surface area (Å²) in [6.07, 6.45) is 0. The summed E-state index contributed by atoms with van der Waals surface area (Å²) in [5, 5.41) is 14.1. The first-order valence-electron chi connectivity index (χ1n) is 9.09. The highest BCUT2D eigenvalue weighted by Gasteiger charge is 2.36. The number of amides is 1. The summed E-state index contributed by atoms with van der Waals surface area (Å²) in [6, 6.07) is 21.2. The van der Waals surface area contributed by atoms with Crippen molar-refractivity contribution in [3.8, 4) is 0 Å². The molecule has 144 valence electrons. The van der Waals surface area contributed by atoms with Gasteiger partial charge >= 0.3 is 0 Å². The molecule has 7 heteroatoms. The first kappa shape index (κ1) is 18.5. The minimum Gasteiger partial charge on any atom is -0.326 e. The van der Waals surface area contributed by atoms with Crippen molar-refractivity contribution in [3.63, 3.8) is 0 Å². The van der Waals surface area contributed by atoms with Gasteiger partial charge in [-0.25, -0.2) is 0 Å². The Kier molecular flexibility index (Phi) is 4.88. The molecule has 1 atom stereocenters. The molecule has 1 unspecified atom stereocenters. The van der Waals surface area contributed by atoms with E-state index in [-0.39, 0.29) is 11.6 Å². The molecule has 1 aliphatic rings. The Balaban J connectivity index is 1.88. The lowest BCUT2D eigenvalue weighted by Gasteiger charge is -2.14. The number of carbonyl (C=O) groups excluding carboxylic acids is 1. The van der Waals surface area contributed by atoms with Crippen LogP contribution in [0.5, 0.6) is 0 Å². The Morgan fingerprint density at radius 2 is 1.79 bits per heavy atom. The Morgan fingerprint density at radius 3 is 2.45 bits per heavy atom. The van der Waals surface area contributed by atoms with Crippen LogP contribution in [-0.2, 0) is 11.3 Å². The minimum absolute atomic E-state index is 0.0669. The lowest BCUT2D eigenvalue weighted by molar-refractivity contribution is -0.384. The Labute approximate surface area is 167 Å². The maximum Gasteiger partial charge on any atom is 0.269 e. The van der Waals surface area contributed by atoms with E-state index < -0.39 is 10.8 Å². The smallest absolute Gasteiger partial charge is 0.269 e. The topological polar surface area (TPSA) is 111 Å². The molecule has 29 heavy (non-hydrogen) atoms. The molecule has 0 saturated carbocycles. The number of fused-ring (bicyclic) bond motifs is 1. The zero-order valence-corrected chi connectivity index (χ0v) is 15.4. The van der Waals surface area contributed by atoms with Crippen molar-refractivity contribution in [2.24, 2.45) is 10.7 Å². The van der Waals surface area contributed by atoms with E-state index in [9.17, 15) is 14.9 Å². The minimum atomic E-state index is -0.756. The number of benzene rings is 3. The van der Waals surface area contributed by atoms with Gasteiger partial charge in [-0.15, -0.1) is 0 Å². The third-order valence-corrected chi connectivity index (χ3v) is 4.84. The van der Waals surface area contributed by atoms with Crippen LogP contribution in [0.4, 0.5) is 17.1 Å². The van der Waals surface area contributed by atoms with Crippen LogP contribution >= 0.6 is 0 Å². The molecule has 0 radical (unpaired) electrons. The van der Waals surface area contributed by atoms with Gasteiger partial charge in [0, 0.05) is 29.9 Å². The van der Waals surface area contributed by atoms with E-state index in [2.05, 4.69) is 5.32 Å². The van der Waals surface area contributed by atoms with E-state index in [1.54, 1.807) is 6.07 Å². The zero-order valence-electron chi connectivity index (χ0n) is 15.4. The quantitative estimate of drug-likeness (QED) is 0.393. The van der Waals surface area contributed by atoms with Crippen LogP contribution in [0.3, 0.4) is 0 Å². The van der Waals surface area contributed by atoms with Gasteiger partial charge < -0.3 is 11.1 Å². The number of hydrogen-bond acceptors (Lipinski definition) is 5. The van der Waals surface area contributed by atoms with E-state index in [0.717, 1.165) is 11.1 Å². The van der Waals surface area contributed by atoms with Gasteiger partial charge in [0.15, 0.2) is 0 Å².